The van der Waals surface area contributed by atoms with Gasteiger partial charge < -0.3 is 14.4 Å². The molecule has 9 nitrogen and oxygen atoms in total. The highest BCUT2D eigenvalue weighted by molar-refractivity contribution is 7.09. The number of nitrogens with zero attached hydrogens (tertiary/aromatic N) is 3. The van der Waals surface area contributed by atoms with Crippen LogP contribution in [-0.2, 0) is 9.47 Å². The van der Waals surface area contributed by atoms with Crippen molar-refractivity contribution < 1.29 is 19.1 Å². The van der Waals surface area contributed by atoms with E-state index in [4.69, 9.17) is 20.3 Å². The number of likely N-dealkylation sites (N-methyl/N-ethyl adjacent to an activating group) is 1. The summed E-state index contributed by atoms with van der Waals surface area (Å²) in [6, 6.07) is 14.7. The van der Waals surface area contributed by atoms with Gasteiger partial charge in [0.05, 0.1) is 6.04 Å². The van der Waals surface area contributed by atoms with E-state index in [1.807, 2.05) is 67.4 Å². The lowest BCUT2D eigenvalue weighted by Gasteiger charge is -2.43. The maximum Gasteiger partial charge on any atom is 0.410 e. The van der Waals surface area contributed by atoms with Gasteiger partial charge in [-0.05, 0) is 83.7 Å². The van der Waals surface area contributed by atoms with E-state index in [1.54, 1.807) is 58.2 Å². The van der Waals surface area contributed by atoms with Gasteiger partial charge in [-0.3, -0.25) is 20.5 Å². The number of thiazole rings is 1. The Morgan fingerprint density at radius 3 is 2.34 bits per heavy atom. The molecule has 1 aromatic heterocycles. The minimum Gasteiger partial charge on any atom is -0.444 e. The Balaban J connectivity index is 1.61. The molecule has 1 aliphatic rings. The molecule has 10 heteroatoms. The number of ether oxygens (including phenoxy) is 2. The molecule has 4 rings (SSSR count). The number of hydrogen-bond acceptors (Lipinski definition) is 8. The second-order valence-electron chi connectivity index (χ2n) is 12.7. The second-order valence-corrected chi connectivity index (χ2v) is 13.5. The van der Waals surface area contributed by atoms with Crippen LogP contribution in [0.4, 0.5) is 4.79 Å². The molecule has 2 N–H and O–H groups in total. The van der Waals surface area contributed by atoms with E-state index in [9.17, 15) is 9.59 Å². The molecule has 3 aromatic rings. The topological polar surface area (TPSA) is 120 Å². The molecule has 0 radical (unpaired) electrons. The van der Waals surface area contributed by atoms with Crippen molar-refractivity contribution in [3.05, 3.63) is 86.9 Å². The Labute approximate surface area is 264 Å². The number of amides is 2. The third kappa shape index (κ3) is 7.01. The van der Waals surface area contributed by atoms with Crippen molar-refractivity contribution in [2.45, 2.75) is 84.4 Å². The van der Waals surface area contributed by atoms with Crippen LogP contribution in [0.5, 0.6) is 0 Å². The molecule has 2 heterocycles. The number of aromatic nitrogens is 1. The third-order valence-electron chi connectivity index (χ3n) is 8.19. The Kier molecular flexibility index (Phi) is 9.63. The van der Waals surface area contributed by atoms with Crippen LogP contribution < -0.4 is 0 Å². The lowest BCUT2D eigenvalue weighted by molar-refractivity contribution is 0.0127. The lowest BCUT2D eigenvalue weighted by Crippen LogP contribution is -2.58. The maximum absolute atomic E-state index is 13.8. The molecular formula is C34H43N5O4S. The monoisotopic (exact) mass is 617 g/mol. The van der Waals surface area contributed by atoms with Gasteiger partial charge in [-0.15, -0.1) is 11.3 Å². The molecular weight excluding hydrogens is 574 g/mol. The molecule has 0 spiro atoms. The number of hydrogen-bond donors (Lipinski definition) is 2. The van der Waals surface area contributed by atoms with E-state index < -0.39 is 23.2 Å². The van der Waals surface area contributed by atoms with Crippen LogP contribution in [0.2, 0.25) is 0 Å². The first-order valence-electron chi connectivity index (χ1n) is 14.8. The number of aryl methyl sites for hydroxylation is 2. The Morgan fingerprint density at radius 1 is 1.07 bits per heavy atom. The van der Waals surface area contributed by atoms with Crippen molar-refractivity contribution in [3.63, 3.8) is 0 Å². The molecule has 44 heavy (non-hydrogen) atoms. The number of likely N-dealkylation sites (tertiary alicyclic amines) is 1. The molecule has 2 aromatic carbocycles. The van der Waals surface area contributed by atoms with Crippen LogP contribution in [0.25, 0.3) is 0 Å². The van der Waals surface area contributed by atoms with Crippen LogP contribution in [0, 0.1) is 24.7 Å². The van der Waals surface area contributed by atoms with Crippen molar-refractivity contribution in [3.8, 4) is 0 Å². The zero-order chi connectivity index (χ0) is 32.4. The minimum absolute atomic E-state index is 0.0717. The van der Waals surface area contributed by atoms with Gasteiger partial charge in [0.1, 0.15) is 16.1 Å². The summed E-state index contributed by atoms with van der Waals surface area (Å²) in [7, 11) is 1.58. The summed E-state index contributed by atoms with van der Waals surface area (Å²) < 4.78 is 11.6. The number of rotatable bonds is 7. The van der Waals surface area contributed by atoms with Crippen molar-refractivity contribution in [2.24, 2.45) is 0 Å². The zero-order valence-electron chi connectivity index (χ0n) is 26.9. The average molecular weight is 618 g/mol. The number of benzene rings is 2. The second kappa shape index (κ2) is 12.9. The minimum atomic E-state index is -1.31. The quantitative estimate of drug-likeness (QED) is 0.210. The maximum atomic E-state index is 13.8. The highest BCUT2D eigenvalue weighted by Gasteiger charge is 2.46. The SMILES string of the molecule is Cc1cc(C(=N)OC(=N)[C@@](C)(C(C)c2ccccc2)N(C)C(=O)OC(C)(C)C)cc(C(=O)N2CCC[C@@H]2c2nc(C)cs2)c1. The van der Waals surface area contributed by atoms with Gasteiger partial charge in [-0.25, -0.2) is 9.78 Å². The fourth-order valence-corrected chi connectivity index (χ4v) is 6.43. The predicted molar refractivity (Wildman–Crippen MR) is 174 cm³/mol. The third-order valence-corrected chi connectivity index (χ3v) is 9.26. The molecule has 1 fully saturated rings. The van der Waals surface area contributed by atoms with Crippen LogP contribution in [0.1, 0.15) is 97.2 Å². The van der Waals surface area contributed by atoms with Gasteiger partial charge in [-0.2, -0.15) is 0 Å². The highest BCUT2D eigenvalue weighted by Crippen LogP contribution is 2.36. The first-order valence-corrected chi connectivity index (χ1v) is 15.7. The smallest absolute Gasteiger partial charge is 0.410 e. The van der Waals surface area contributed by atoms with Crippen LogP contribution in [0.15, 0.2) is 53.9 Å². The Bertz CT molecular complexity index is 1550. The highest BCUT2D eigenvalue weighted by atomic mass is 32.1. The fraction of sp³-hybridized carbons (Fsp3) is 0.441. The van der Waals surface area contributed by atoms with Gasteiger partial charge in [0.25, 0.3) is 5.91 Å². The lowest BCUT2D eigenvalue weighted by atomic mass is 9.80. The average Bonchev–Trinajstić information content (AvgIpc) is 3.63. The molecule has 2 amide bonds. The van der Waals surface area contributed by atoms with Gasteiger partial charge in [0, 0.05) is 41.7 Å². The van der Waals surface area contributed by atoms with Crippen LogP contribution in [-0.4, -0.2) is 63.3 Å². The van der Waals surface area contributed by atoms with Crippen molar-refractivity contribution in [1.82, 2.24) is 14.8 Å². The van der Waals surface area contributed by atoms with Gasteiger partial charge in [0.2, 0.25) is 11.8 Å². The zero-order valence-corrected chi connectivity index (χ0v) is 27.7. The van der Waals surface area contributed by atoms with E-state index in [2.05, 4.69) is 4.98 Å². The van der Waals surface area contributed by atoms with E-state index >= 15 is 0 Å². The van der Waals surface area contributed by atoms with Crippen molar-refractivity contribution in [1.29, 1.82) is 10.8 Å². The predicted octanol–water partition coefficient (Wildman–Crippen LogP) is 7.49. The summed E-state index contributed by atoms with van der Waals surface area (Å²) in [5.74, 6) is -1.09. The van der Waals surface area contributed by atoms with E-state index in [-0.39, 0.29) is 23.7 Å². The number of carbonyl (C=O) groups is 2. The van der Waals surface area contributed by atoms with Crippen LogP contribution in [0.3, 0.4) is 0 Å². The summed E-state index contributed by atoms with van der Waals surface area (Å²) in [6.45, 7) is 13.5. The Morgan fingerprint density at radius 2 is 1.73 bits per heavy atom. The summed E-state index contributed by atoms with van der Waals surface area (Å²) in [5, 5.41) is 20.9. The molecule has 1 unspecified atom stereocenters. The van der Waals surface area contributed by atoms with Crippen molar-refractivity contribution >= 4 is 35.1 Å². The standard InChI is InChI=1S/C34H43N5O4S/c1-21-17-25(19-26(18-21)30(40)39-16-12-15-27(39)29-37-22(2)20-44-29)28(35)42-31(36)34(7,23(3)24-13-10-9-11-14-24)38(8)32(41)43-33(4,5)6/h9-11,13-14,17-20,23,27,35-36H,12,15-16H2,1-8H3/t23?,27-,34-/m1/s1. The van der Waals surface area contributed by atoms with Crippen molar-refractivity contribution in [2.75, 3.05) is 13.6 Å². The molecule has 3 atom stereocenters. The largest absolute Gasteiger partial charge is 0.444 e. The molecule has 0 bridgehead atoms. The van der Waals surface area contributed by atoms with Crippen LogP contribution >= 0.6 is 11.3 Å². The molecule has 234 valence electrons. The first kappa shape index (κ1) is 32.9. The van der Waals surface area contributed by atoms with E-state index in [0.29, 0.717) is 17.7 Å². The molecule has 1 saturated heterocycles. The van der Waals surface area contributed by atoms with Gasteiger partial charge in [0.15, 0.2) is 0 Å². The van der Waals surface area contributed by atoms with E-state index in [1.165, 1.54) is 4.90 Å². The molecule has 0 aliphatic carbocycles. The first-order chi connectivity index (χ1) is 20.6. The summed E-state index contributed by atoms with van der Waals surface area (Å²) in [4.78, 5) is 34.9. The Hall–Kier alpha value is -4.05. The van der Waals surface area contributed by atoms with E-state index in [0.717, 1.165) is 34.7 Å². The summed E-state index contributed by atoms with van der Waals surface area (Å²) >= 11 is 1.57. The normalized spacial score (nSPS) is 17.0. The number of nitrogens with one attached hydrogen (secondary N) is 2. The molecule has 1 aliphatic heterocycles. The summed E-state index contributed by atoms with van der Waals surface area (Å²) in [6.07, 6.45) is 1.14. The number of carbonyl (C=O) groups excluding carboxylic acids is 2. The fourth-order valence-electron chi connectivity index (χ4n) is 5.49. The summed E-state index contributed by atoms with van der Waals surface area (Å²) in [5.41, 5.74) is 1.39. The molecule has 0 saturated carbocycles. The van der Waals surface area contributed by atoms with Gasteiger partial charge >= 0.3 is 6.09 Å². The van der Waals surface area contributed by atoms with Gasteiger partial charge in [-0.1, -0.05) is 37.3 Å².